The molecule has 1 N–H and O–H groups in total. The third-order valence-corrected chi connectivity index (χ3v) is 4.77. The Morgan fingerprint density at radius 2 is 2.09 bits per heavy atom. The number of hydrogen-bond acceptors (Lipinski definition) is 8. The van der Waals surface area contributed by atoms with Crippen LogP contribution in [0.25, 0.3) is 0 Å². The number of thioether (sulfide) groups is 1. The number of rotatable bonds is 7. The molecule has 0 aliphatic heterocycles. The summed E-state index contributed by atoms with van der Waals surface area (Å²) in [6.45, 7) is 2.87. The van der Waals surface area contributed by atoms with E-state index < -0.39 is 0 Å². The van der Waals surface area contributed by atoms with E-state index in [0.29, 0.717) is 23.9 Å². The SMILES string of the molecule is CCNc1nnc(SCc2nc(Cc3ccccc3)no2)s1. The molecule has 22 heavy (non-hydrogen) atoms. The number of anilines is 1. The van der Waals surface area contributed by atoms with Crippen LogP contribution in [0, 0.1) is 0 Å². The summed E-state index contributed by atoms with van der Waals surface area (Å²) in [5.74, 6) is 1.91. The molecular formula is C14H15N5OS2. The minimum atomic E-state index is 0.600. The van der Waals surface area contributed by atoms with Crippen LogP contribution in [0.2, 0.25) is 0 Å². The Labute approximate surface area is 136 Å². The Kier molecular flexibility index (Phi) is 5.02. The first-order valence-electron chi connectivity index (χ1n) is 6.89. The number of nitrogens with zero attached hydrogens (tertiary/aromatic N) is 4. The zero-order valence-electron chi connectivity index (χ0n) is 12.0. The normalized spacial score (nSPS) is 10.8. The maximum atomic E-state index is 5.27. The Morgan fingerprint density at radius 3 is 2.91 bits per heavy atom. The van der Waals surface area contributed by atoms with Crippen molar-refractivity contribution in [3.8, 4) is 0 Å². The third-order valence-electron chi connectivity index (χ3n) is 2.77. The molecule has 6 nitrogen and oxygen atoms in total. The highest BCUT2D eigenvalue weighted by atomic mass is 32.2. The third kappa shape index (κ3) is 4.05. The topological polar surface area (TPSA) is 76.7 Å². The molecule has 0 bridgehead atoms. The van der Waals surface area contributed by atoms with Gasteiger partial charge in [0.1, 0.15) is 0 Å². The fourth-order valence-corrected chi connectivity index (χ4v) is 3.47. The predicted molar refractivity (Wildman–Crippen MR) is 87.2 cm³/mol. The van der Waals surface area contributed by atoms with Crippen LogP contribution >= 0.6 is 23.1 Å². The van der Waals surface area contributed by atoms with Crippen LogP contribution in [0.1, 0.15) is 24.2 Å². The maximum absolute atomic E-state index is 5.27. The molecule has 8 heteroatoms. The Morgan fingerprint density at radius 1 is 1.23 bits per heavy atom. The fraction of sp³-hybridized carbons (Fsp3) is 0.286. The van der Waals surface area contributed by atoms with Gasteiger partial charge in [-0.1, -0.05) is 58.6 Å². The smallest absolute Gasteiger partial charge is 0.237 e. The minimum Gasteiger partial charge on any atom is -0.360 e. The quantitative estimate of drug-likeness (QED) is 0.665. The van der Waals surface area contributed by atoms with Crippen LogP contribution in [0.5, 0.6) is 0 Å². The van der Waals surface area contributed by atoms with Crippen LogP contribution < -0.4 is 5.32 Å². The molecule has 0 saturated heterocycles. The fourth-order valence-electron chi connectivity index (χ4n) is 1.81. The van der Waals surface area contributed by atoms with Crippen molar-refractivity contribution in [1.29, 1.82) is 0 Å². The highest BCUT2D eigenvalue weighted by molar-refractivity contribution is 8.00. The van der Waals surface area contributed by atoms with Gasteiger partial charge in [-0.3, -0.25) is 0 Å². The lowest BCUT2D eigenvalue weighted by Gasteiger charge is -1.94. The minimum absolute atomic E-state index is 0.600. The van der Waals surface area contributed by atoms with Crippen molar-refractivity contribution < 1.29 is 4.52 Å². The van der Waals surface area contributed by atoms with E-state index in [9.17, 15) is 0 Å². The zero-order chi connectivity index (χ0) is 15.2. The second-order valence-electron chi connectivity index (χ2n) is 4.46. The first-order chi connectivity index (χ1) is 10.8. The zero-order valence-corrected chi connectivity index (χ0v) is 13.7. The molecule has 0 aliphatic carbocycles. The molecule has 3 aromatic rings. The van der Waals surface area contributed by atoms with Gasteiger partial charge in [0.2, 0.25) is 11.0 Å². The molecule has 0 saturated carbocycles. The molecule has 0 spiro atoms. The van der Waals surface area contributed by atoms with Crippen LogP contribution in [0.15, 0.2) is 39.2 Å². The highest BCUT2D eigenvalue weighted by Crippen LogP contribution is 2.27. The second-order valence-corrected chi connectivity index (χ2v) is 6.66. The monoisotopic (exact) mass is 333 g/mol. The van der Waals surface area contributed by atoms with Gasteiger partial charge in [0.15, 0.2) is 10.2 Å². The van der Waals surface area contributed by atoms with Crippen molar-refractivity contribution >= 4 is 28.2 Å². The van der Waals surface area contributed by atoms with Gasteiger partial charge < -0.3 is 9.84 Å². The van der Waals surface area contributed by atoms with E-state index in [0.717, 1.165) is 16.0 Å². The number of aromatic nitrogens is 4. The van der Waals surface area contributed by atoms with Crippen molar-refractivity contribution in [3.05, 3.63) is 47.6 Å². The van der Waals surface area contributed by atoms with Crippen molar-refractivity contribution in [2.75, 3.05) is 11.9 Å². The summed E-state index contributed by atoms with van der Waals surface area (Å²) in [6, 6.07) is 10.1. The van der Waals surface area contributed by atoms with Crippen LogP contribution in [-0.2, 0) is 12.2 Å². The van der Waals surface area contributed by atoms with Crippen molar-refractivity contribution in [2.45, 2.75) is 23.4 Å². The van der Waals surface area contributed by atoms with E-state index in [1.807, 2.05) is 37.3 Å². The average Bonchev–Trinajstić information content (AvgIpc) is 3.16. The highest BCUT2D eigenvalue weighted by Gasteiger charge is 2.10. The molecule has 3 rings (SSSR count). The Bertz CT molecular complexity index is 713. The van der Waals surface area contributed by atoms with E-state index >= 15 is 0 Å². The van der Waals surface area contributed by atoms with Crippen molar-refractivity contribution in [2.24, 2.45) is 0 Å². The standard InChI is InChI=1S/C14H15N5OS2/c1-2-15-13-17-18-14(22-13)21-9-12-16-11(19-20-12)8-10-6-4-3-5-7-10/h3-7H,2,8-9H2,1H3,(H,15,17). The van der Waals surface area contributed by atoms with Gasteiger partial charge in [0.05, 0.1) is 5.75 Å². The summed E-state index contributed by atoms with van der Waals surface area (Å²) in [5, 5.41) is 16.1. The lowest BCUT2D eigenvalue weighted by Crippen LogP contribution is -1.94. The number of benzene rings is 1. The Balaban J connectivity index is 1.55. The molecule has 0 fully saturated rings. The average molecular weight is 333 g/mol. The van der Waals surface area contributed by atoms with Gasteiger partial charge in [0.25, 0.3) is 0 Å². The van der Waals surface area contributed by atoms with Crippen molar-refractivity contribution in [3.63, 3.8) is 0 Å². The van der Waals surface area contributed by atoms with E-state index in [1.54, 1.807) is 11.8 Å². The second kappa shape index (κ2) is 7.37. The first kappa shape index (κ1) is 15.0. The molecule has 0 unspecified atom stereocenters. The molecule has 2 aromatic heterocycles. The largest absolute Gasteiger partial charge is 0.360 e. The van der Waals surface area contributed by atoms with Gasteiger partial charge in [-0.15, -0.1) is 10.2 Å². The maximum Gasteiger partial charge on any atom is 0.237 e. The number of hydrogen-bond donors (Lipinski definition) is 1. The molecule has 0 radical (unpaired) electrons. The predicted octanol–water partition coefficient (Wildman–Crippen LogP) is 3.24. The molecule has 2 heterocycles. The summed E-state index contributed by atoms with van der Waals surface area (Å²) >= 11 is 3.07. The number of nitrogens with one attached hydrogen (secondary N) is 1. The summed E-state index contributed by atoms with van der Waals surface area (Å²) in [5.41, 5.74) is 1.17. The summed E-state index contributed by atoms with van der Waals surface area (Å²) in [7, 11) is 0. The van der Waals surface area contributed by atoms with Gasteiger partial charge in [0, 0.05) is 13.0 Å². The molecule has 1 aromatic carbocycles. The first-order valence-corrected chi connectivity index (χ1v) is 8.69. The molecular weight excluding hydrogens is 318 g/mol. The van der Waals surface area contributed by atoms with Crippen LogP contribution in [0.3, 0.4) is 0 Å². The van der Waals surface area contributed by atoms with Gasteiger partial charge in [-0.25, -0.2) is 0 Å². The van der Waals surface area contributed by atoms with E-state index in [-0.39, 0.29) is 0 Å². The van der Waals surface area contributed by atoms with Crippen LogP contribution in [0.4, 0.5) is 5.13 Å². The van der Waals surface area contributed by atoms with Crippen LogP contribution in [-0.4, -0.2) is 26.9 Å². The summed E-state index contributed by atoms with van der Waals surface area (Å²) < 4.78 is 6.16. The lowest BCUT2D eigenvalue weighted by molar-refractivity contribution is 0.386. The van der Waals surface area contributed by atoms with Gasteiger partial charge in [-0.05, 0) is 12.5 Å². The van der Waals surface area contributed by atoms with E-state index in [2.05, 4.69) is 25.7 Å². The van der Waals surface area contributed by atoms with Crippen molar-refractivity contribution in [1.82, 2.24) is 20.3 Å². The lowest BCUT2D eigenvalue weighted by atomic mass is 10.1. The summed E-state index contributed by atoms with van der Waals surface area (Å²) in [4.78, 5) is 4.41. The molecule has 0 amide bonds. The van der Waals surface area contributed by atoms with E-state index in [1.165, 1.54) is 16.9 Å². The molecule has 0 aliphatic rings. The van der Waals surface area contributed by atoms with Gasteiger partial charge >= 0.3 is 0 Å². The Hall–Kier alpha value is -1.93. The summed E-state index contributed by atoms with van der Waals surface area (Å²) in [6.07, 6.45) is 0.679. The van der Waals surface area contributed by atoms with E-state index in [4.69, 9.17) is 4.52 Å². The molecule has 114 valence electrons. The molecule has 0 atom stereocenters. The van der Waals surface area contributed by atoms with Gasteiger partial charge in [-0.2, -0.15) is 4.98 Å².